The first kappa shape index (κ1) is 14.5. The van der Waals surface area contributed by atoms with E-state index in [-0.39, 0.29) is 17.5 Å². The van der Waals surface area contributed by atoms with E-state index in [2.05, 4.69) is 21.7 Å². The van der Waals surface area contributed by atoms with Crippen molar-refractivity contribution in [2.24, 2.45) is 0 Å². The maximum Gasteiger partial charge on any atom is 0.252 e. The summed E-state index contributed by atoms with van der Waals surface area (Å²) in [4.78, 5) is 26.9. The summed E-state index contributed by atoms with van der Waals surface area (Å²) < 4.78 is 0. The molecule has 1 atom stereocenters. The molecular formula is C17H16N2O2S. The molecule has 0 radical (unpaired) electrons. The Morgan fingerprint density at radius 1 is 1.32 bits per heavy atom. The number of H-pyrrole nitrogens is 1. The molecule has 22 heavy (non-hydrogen) atoms. The molecule has 5 heteroatoms. The summed E-state index contributed by atoms with van der Waals surface area (Å²) in [7, 11) is 0. The second-order valence-electron chi connectivity index (χ2n) is 5.30. The van der Waals surface area contributed by atoms with E-state index in [0.717, 1.165) is 11.8 Å². The first-order valence-corrected chi connectivity index (χ1v) is 8.02. The van der Waals surface area contributed by atoms with E-state index in [0.29, 0.717) is 11.1 Å². The van der Waals surface area contributed by atoms with Gasteiger partial charge in [0.25, 0.3) is 5.91 Å². The SMILES string of the molecule is C[C@H](Cc1ccsc1)NC(=O)c1cc(=O)[nH]c2ccccc12. The maximum absolute atomic E-state index is 12.5. The van der Waals surface area contributed by atoms with Crippen LogP contribution < -0.4 is 10.9 Å². The van der Waals surface area contributed by atoms with E-state index >= 15 is 0 Å². The van der Waals surface area contributed by atoms with E-state index in [1.54, 1.807) is 17.4 Å². The lowest BCUT2D eigenvalue weighted by atomic mass is 10.1. The Kier molecular flexibility index (Phi) is 4.06. The van der Waals surface area contributed by atoms with Crippen LogP contribution in [-0.2, 0) is 6.42 Å². The van der Waals surface area contributed by atoms with Gasteiger partial charge in [-0.3, -0.25) is 9.59 Å². The van der Waals surface area contributed by atoms with Crippen molar-refractivity contribution in [3.8, 4) is 0 Å². The Morgan fingerprint density at radius 3 is 2.91 bits per heavy atom. The highest BCUT2D eigenvalue weighted by Gasteiger charge is 2.14. The van der Waals surface area contributed by atoms with Gasteiger partial charge in [0.2, 0.25) is 5.56 Å². The Balaban J connectivity index is 1.84. The minimum atomic E-state index is -0.269. The van der Waals surface area contributed by atoms with Gasteiger partial charge in [0.15, 0.2) is 0 Å². The molecule has 1 amide bonds. The van der Waals surface area contributed by atoms with Crippen LogP contribution in [0.2, 0.25) is 0 Å². The van der Waals surface area contributed by atoms with Crippen LogP contribution in [0.25, 0.3) is 10.9 Å². The van der Waals surface area contributed by atoms with Crippen molar-refractivity contribution in [1.82, 2.24) is 10.3 Å². The Labute approximate surface area is 131 Å². The number of rotatable bonds is 4. The minimum absolute atomic E-state index is 0.000139. The molecule has 0 fully saturated rings. The molecule has 0 saturated carbocycles. The number of thiophene rings is 1. The smallest absolute Gasteiger partial charge is 0.252 e. The standard InChI is InChI=1S/C17H16N2O2S/c1-11(8-12-6-7-22-10-12)18-17(21)14-9-16(20)19-15-5-3-2-4-13(14)15/h2-7,9-11H,8H2,1H3,(H,18,21)(H,19,20)/t11-/m1/s1. The van der Waals surface area contributed by atoms with Crippen molar-refractivity contribution < 1.29 is 4.79 Å². The van der Waals surface area contributed by atoms with Crippen LogP contribution >= 0.6 is 11.3 Å². The Hall–Kier alpha value is -2.40. The molecule has 2 heterocycles. The van der Waals surface area contributed by atoms with Crippen LogP contribution in [0.4, 0.5) is 0 Å². The summed E-state index contributed by atoms with van der Waals surface area (Å²) in [6, 6.07) is 10.7. The highest BCUT2D eigenvalue weighted by molar-refractivity contribution is 7.07. The molecule has 0 bridgehead atoms. The molecule has 4 nitrogen and oxygen atoms in total. The second kappa shape index (κ2) is 6.15. The number of benzene rings is 1. The van der Waals surface area contributed by atoms with Crippen molar-refractivity contribution in [2.45, 2.75) is 19.4 Å². The van der Waals surface area contributed by atoms with Gasteiger partial charge in [-0.25, -0.2) is 0 Å². The number of pyridine rings is 1. The number of amides is 1. The zero-order valence-electron chi connectivity index (χ0n) is 12.1. The molecular weight excluding hydrogens is 296 g/mol. The maximum atomic E-state index is 12.5. The van der Waals surface area contributed by atoms with Gasteiger partial charge < -0.3 is 10.3 Å². The molecule has 3 rings (SSSR count). The molecule has 0 aliphatic rings. The largest absolute Gasteiger partial charge is 0.349 e. The highest BCUT2D eigenvalue weighted by atomic mass is 32.1. The Bertz CT molecular complexity index is 852. The number of para-hydroxylation sites is 1. The van der Waals surface area contributed by atoms with Gasteiger partial charge in [-0.15, -0.1) is 0 Å². The minimum Gasteiger partial charge on any atom is -0.349 e. The van der Waals surface area contributed by atoms with Gasteiger partial charge in [-0.05, 0) is 41.8 Å². The fourth-order valence-electron chi connectivity index (χ4n) is 2.51. The van der Waals surface area contributed by atoms with Gasteiger partial charge >= 0.3 is 0 Å². The third-order valence-corrected chi connectivity index (χ3v) is 4.23. The third kappa shape index (κ3) is 3.09. The first-order chi connectivity index (χ1) is 10.6. The molecule has 0 aliphatic heterocycles. The quantitative estimate of drug-likeness (QED) is 0.778. The van der Waals surface area contributed by atoms with Crippen molar-refractivity contribution in [2.75, 3.05) is 0 Å². The number of fused-ring (bicyclic) bond motifs is 1. The Morgan fingerprint density at radius 2 is 2.14 bits per heavy atom. The van der Waals surface area contributed by atoms with E-state index in [1.165, 1.54) is 11.6 Å². The van der Waals surface area contributed by atoms with Crippen molar-refractivity contribution in [3.63, 3.8) is 0 Å². The fraction of sp³-hybridized carbons (Fsp3) is 0.176. The zero-order valence-corrected chi connectivity index (χ0v) is 12.9. The predicted molar refractivity (Wildman–Crippen MR) is 89.5 cm³/mol. The normalized spacial score (nSPS) is 12.2. The van der Waals surface area contributed by atoms with Crippen LogP contribution in [0, 0.1) is 0 Å². The van der Waals surface area contributed by atoms with E-state index in [9.17, 15) is 9.59 Å². The van der Waals surface area contributed by atoms with Crippen molar-refractivity contribution in [3.05, 3.63) is 68.6 Å². The van der Waals surface area contributed by atoms with E-state index in [4.69, 9.17) is 0 Å². The summed E-state index contributed by atoms with van der Waals surface area (Å²) in [6.45, 7) is 1.96. The van der Waals surface area contributed by atoms with Crippen LogP contribution in [0.15, 0.2) is 52.0 Å². The lowest BCUT2D eigenvalue weighted by molar-refractivity contribution is 0.0941. The van der Waals surface area contributed by atoms with Crippen LogP contribution in [0.1, 0.15) is 22.8 Å². The molecule has 112 valence electrons. The number of carbonyl (C=O) groups excluding carboxylic acids is 1. The van der Waals surface area contributed by atoms with Crippen molar-refractivity contribution >= 4 is 28.1 Å². The summed E-state index contributed by atoms with van der Waals surface area (Å²) >= 11 is 1.64. The number of hydrogen-bond acceptors (Lipinski definition) is 3. The fourth-order valence-corrected chi connectivity index (χ4v) is 3.19. The number of aromatic nitrogens is 1. The number of hydrogen-bond donors (Lipinski definition) is 2. The highest BCUT2D eigenvalue weighted by Crippen LogP contribution is 2.15. The molecule has 3 aromatic rings. The number of nitrogens with one attached hydrogen (secondary N) is 2. The topological polar surface area (TPSA) is 62.0 Å². The average molecular weight is 312 g/mol. The van der Waals surface area contributed by atoms with Gasteiger partial charge in [0.1, 0.15) is 0 Å². The monoisotopic (exact) mass is 312 g/mol. The molecule has 2 N–H and O–H groups in total. The second-order valence-corrected chi connectivity index (χ2v) is 6.08. The number of aromatic amines is 1. The molecule has 0 aliphatic carbocycles. The number of carbonyl (C=O) groups is 1. The van der Waals surface area contributed by atoms with Gasteiger partial charge in [-0.1, -0.05) is 18.2 Å². The average Bonchev–Trinajstić information content (AvgIpc) is 2.98. The van der Waals surface area contributed by atoms with Crippen molar-refractivity contribution in [1.29, 1.82) is 0 Å². The van der Waals surface area contributed by atoms with Crippen LogP contribution in [0.3, 0.4) is 0 Å². The molecule has 1 aromatic carbocycles. The van der Waals surface area contributed by atoms with Gasteiger partial charge in [0, 0.05) is 23.0 Å². The molecule has 2 aromatic heterocycles. The van der Waals surface area contributed by atoms with Crippen LogP contribution in [-0.4, -0.2) is 16.9 Å². The lowest BCUT2D eigenvalue weighted by Crippen LogP contribution is -2.34. The molecule has 0 saturated heterocycles. The van der Waals surface area contributed by atoms with E-state index in [1.807, 2.05) is 30.5 Å². The summed E-state index contributed by atoms with van der Waals surface area (Å²) in [5.41, 5.74) is 2.02. The van der Waals surface area contributed by atoms with Crippen LogP contribution in [0.5, 0.6) is 0 Å². The summed E-state index contributed by atoms with van der Waals surface area (Å²) in [6.07, 6.45) is 0.774. The predicted octanol–water partition coefficient (Wildman–Crippen LogP) is 2.95. The van der Waals surface area contributed by atoms with Gasteiger partial charge in [-0.2, -0.15) is 11.3 Å². The third-order valence-electron chi connectivity index (χ3n) is 3.49. The summed E-state index contributed by atoms with van der Waals surface area (Å²) in [5, 5.41) is 7.82. The zero-order chi connectivity index (χ0) is 15.5. The first-order valence-electron chi connectivity index (χ1n) is 7.07. The van der Waals surface area contributed by atoms with Gasteiger partial charge in [0.05, 0.1) is 5.56 Å². The summed E-state index contributed by atoms with van der Waals surface area (Å²) in [5.74, 6) is -0.218. The molecule has 0 unspecified atom stereocenters. The van der Waals surface area contributed by atoms with E-state index < -0.39 is 0 Å². The molecule has 0 spiro atoms. The lowest BCUT2D eigenvalue weighted by Gasteiger charge is -2.14.